The van der Waals surface area contributed by atoms with Gasteiger partial charge in [0.1, 0.15) is 23.1 Å². The molecule has 3 aliphatic rings. The van der Waals surface area contributed by atoms with Gasteiger partial charge in [0.2, 0.25) is 5.91 Å². The number of imide groups is 1. The maximum Gasteiger partial charge on any atom is 0.252 e. The van der Waals surface area contributed by atoms with Gasteiger partial charge in [0.05, 0.1) is 19.1 Å². The fraction of sp³-hybridized carbons (Fsp3) is 0.417. The standard InChI is InChI=1S/C24H28N6O3/c1-14(10-31)30-22(27)17(9-25)21(29-30)16-5-3-15(4-6-16)7-19(32)28-20(33)8-18(26)24-11-23(2,12-24)13-24/h3-6,8,14,31H,7,10-13,26-27H2,1-2H3,(H,28,32,33)/b18-8-. The summed E-state index contributed by atoms with van der Waals surface area (Å²) in [6.07, 6.45) is 4.38. The maximum absolute atomic E-state index is 12.3. The van der Waals surface area contributed by atoms with Crippen LogP contribution in [0.3, 0.4) is 0 Å². The Hall–Kier alpha value is -3.64. The second-order valence-electron chi connectivity index (χ2n) is 9.70. The van der Waals surface area contributed by atoms with Gasteiger partial charge in [0.25, 0.3) is 5.91 Å². The Labute approximate surface area is 192 Å². The van der Waals surface area contributed by atoms with E-state index >= 15 is 0 Å². The molecule has 3 fully saturated rings. The number of aliphatic hydroxyl groups is 1. The molecule has 0 radical (unpaired) electrons. The molecule has 33 heavy (non-hydrogen) atoms. The van der Waals surface area contributed by atoms with Crippen LogP contribution < -0.4 is 16.8 Å². The summed E-state index contributed by atoms with van der Waals surface area (Å²) in [4.78, 5) is 24.5. The van der Waals surface area contributed by atoms with E-state index in [9.17, 15) is 20.0 Å². The van der Waals surface area contributed by atoms with Crippen molar-refractivity contribution in [3.05, 3.63) is 47.2 Å². The lowest BCUT2D eigenvalue weighted by Gasteiger charge is -2.70. The number of nitrogens with two attached hydrogens (primary N) is 2. The number of anilines is 1. The number of rotatable bonds is 7. The van der Waals surface area contributed by atoms with Crippen molar-refractivity contribution in [3.8, 4) is 17.3 Å². The molecule has 3 saturated carbocycles. The van der Waals surface area contributed by atoms with E-state index in [4.69, 9.17) is 11.5 Å². The third-order valence-electron chi connectivity index (χ3n) is 6.79. The van der Waals surface area contributed by atoms with Crippen LogP contribution in [0.1, 0.15) is 50.3 Å². The molecule has 2 bridgehead atoms. The molecule has 1 atom stereocenters. The number of aliphatic hydroxyl groups excluding tert-OH is 1. The largest absolute Gasteiger partial charge is 0.401 e. The SMILES string of the molecule is CC(CO)n1nc(-c2ccc(CC(=O)NC(=O)/C=C(\N)C34CC(C)(C3)C4)cc2)c(C#N)c1N. The number of nitrogen functional groups attached to an aromatic ring is 1. The predicted octanol–water partition coefficient (Wildman–Crippen LogP) is 1.78. The summed E-state index contributed by atoms with van der Waals surface area (Å²) < 4.78 is 1.42. The Morgan fingerprint density at radius 1 is 1.33 bits per heavy atom. The van der Waals surface area contributed by atoms with Gasteiger partial charge in [-0.3, -0.25) is 14.9 Å². The minimum atomic E-state index is -0.498. The van der Waals surface area contributed by atoms with Gasteiger partial charge in [-0.15, -0.1) is 0 Å². The number of hydrogen-bond donors (Lipinski definition) is 4. The van der Waals surface area contributed by atoms with Gasteiger partial charge in [-0.25, -0.2) is 4.68 Å². The molecular formula is C24H28N6O3. The number of carbonyl (C=O) groups is 2. The fourth-order valence-corrected chi connectivity index (χ4v) is 5.25. The quantitative estimate of drug-likeness (QED) is 0.470. The van der Waals surface area contributed by atoms with Crippen molar-refractivity contribution in [2.75, 3.05) is 12.3 Å². The van der Waals surface area contributed by atoms with Gasteiger partial charge in [-0.1, -0.05) is 31.2 Å². The molecule has 0 saturated heterocycles. The molecule has 1 unspecified atom stereocenters. The van der Waals surface area contributed by atoms with E-state index in [0.717, 1.165) is 19.3 Å². The maximum atomic E-state index is 12.3. The van der Waals surface area contributed by atoms with Crippen LogP contribution in [-0.2, 0) is 16.0 Å². The number of nitriles is 1. The Morgan fingerprint density at radius 2 is 1.97 bits per heavy atom. The topological polar surface area (TPSA) is 160 Å². The molecule has 2 amide bonds. The van der Waals surface area contributed by atoms with Crippen LogP contribution in [0, 0.1) is 22.2 Å². The van der Waals surface area contributed by atoms with E-state index in [1.165, 1.54) is 10.8 Å². The van der Waals surface area contributed by atoms with Crippen LogP contribution >= 0.6 is 0 Å². The fourth-order valence-electron chi connectivity index (χ4n) is 5.25. The first-order chi connectivity index (χ1) is 15.6. The zero-order valence-electron chi connectivity index (χ0n) is 18.8. The monoisotopic (exact) mass is 448 g/mol. The summed E-state index contributed by atoms with van der Waals surface area (Å²) >= 11 is 0. The van der Waals surface area contributed by atoms with E-state index in [1.54, 1.807) is 31.2 Å². The molecule has 0 spiro atoms. The number of nitrogens with zero attached hydrogens (tertiary/aromatic N) is 3. The lowest BCUT2D eigenvalue weighted by molar-refractivity contribution is -0.163. The highest BCUT2D eigenvalue weighted by Gasteiger charge is 2.66. The summed E-state index contributed by atoms with van der Waals surface area (Å²) in [5, 5.41) is 25.6. The first kappa shape index (κ1) is 22.6. The van der Waals surface area contributed by atoms with Crippen molar-refractivity contribution < 1.29 is 14.7 Å². The summed E-state index contributed by atoms with van der Waals surface area (Å²) in [6.45, 7) is 3.80. The number of allylic oxidation sites excluding steroid dienone is 1. The molecule has 3 aliphatic carbocycles. The lowest BCUT2D eigenvalue weighted by atomic mass is 9.35. The van der Waals surface area contributed by atoms with Crippen molar-refractivity contribution in [3.63, 3.8) is 0 Å². The van der Waals surface area contributed by atoms with Gasteiger partial charge in [-0.05, 0) is 37.2 Å². The number of amides is 2. The average Bonchev–Trinajstić information content (AvgIpc) is 3.06. The summed E-state index contributed by atoms with van der Waals surface area (Å²) in [7, 11) is 0. The third-order valence-corrected chi connectivity index (χ3v) is 6.79. The summed E-state index contributed by atoms with van der Waals surface area (Å²) in [6, 6.07) is 8.64. The molecular weight excluding hydrogens is 420 g/mol. The van der Waals surface area contributed by atoms with E-state index in [0.29, 0.717) is 27.9 Å². The average molecular weight is 449 g/mol. The van der Waals surface area contributed by atoms with Gasteiger partial charge in [-0.2, -0.15) is 10.4 Å². The van der Waals surface area contributed by atoms with E-state index in [1.807, 2.05) is 0 Å². The molecule has 1 aromatic carbocycles. The first-order valence-corrected chi connectivity index (χ1v) is 10.9. The molecule has 6 N–H and O–H groups in total. The van der Waals surface area contributed by atoms with Crippen molar-refractivity contribution in [1.82, 2.24) is 15.1 Å². The van der Waals surface area contributed by atoms with E-state index in [2.05, 4.69) is 23.4 Å². The van der Waals surface area contributed by atoms with Crippen molar-refractivity contribution in [2.24, 2.45) is 16.6 Å². The predicted molar refractivity (Wildman–Crippen MR) is 122 cm³/mol. The second kappa shape index (κ2) is 8.05. The Balaban J connectivity index is 1.39. The van der Waals surface area contributed by atoms with Crippen LogP contribution in [0.2, 0.25) is 0 Å². The highest BCUT2D eigenvalue weighted by Crippen LogP contribution is 2.75. The normalized spacial score (nSPS) is 24.2. The minimum absolute atomic E-state index is 0.0201. The van der Waals surface area contributed by atoms with Crippen molar-refractivity contribution in [1.29, 1.82) is 5.26 Å². The van der Waals surface area contributed by atoms with Crippen LogP contribution in [0.25, 0.3) is 11.3 Å². The van der Waals surface area contributed by atoms with Crippen LogP contribution in [0.5, 0.6) is 0 Å². The summed E-state index contributed by atoms with van der Waals surface area (Å²) in [5.41, 5.74) is 15.0. The van der Waals surface area contributed by atoms with Crippen LogP contribution in [-0.4, -0.2) is 33.3 Å². The lowest BCUT2D eigenvalue weighted by Crippen LogP contribution is -2.62. The highest BCUT2D eigenvalue weighted by molar-refractivity contribution is 6.01. The van der Waals surface area contributed by atoms with Gasteiger partial charge < -0.3 is 16.6 Å². The Morgan fingerprint density at radius 3 is 2.52 bits per heavy atom. The molecule has 9 nitrogen and oxygen atoms in total. The third kappa shape index (κ3) is 3.98. The highest BCUT2D eigenvalue weighted by atomic mass is 16.3. The van der Waals surface area contributed by atoms with Gasteiger partial charge in [0, 0.05) is 22.8 Å². The van der Waals surface area contributed by atoms with E-state index < -0.39 is 11.8 Å². The molecule has 1 aromatic heterocycles. The number of benzene rings is 1. The van der Waals surface area contributed by atoms with E-state index in [-0.39, 0.29) is 35.9 Å². The van der Waals surface area contributed by atoms with Gasteiger partial charge >= 0.3 is 0 Å². The number of hydrogen-bond acceptors (Lipinski definition) is 7. The zero-order chi connectivity index (χ0) is 24.0. The second-order valence-corrected chi connectivity index (χ2v) is 9.70. The molecule has 172 valence electrons. The van der Waals surface area contributed by atoms with Crippen molar-refractivity contribution >= 4 is 17.6 Å². The summed E-state index contributed by atoms with van der Waals surface area (Å²) in [5.74, 6) is -0.734. The molecule has 5 rings (SSSR count). The molecule has 0 aliphatic heterocycles. The number of nitrogens with one attached hydrogen (secondary N) is 1. The minimum Gasteiger partial charge on any atom is -0.401 e. The van der Waals surface area contributed by atoms with Crippen molar-refractivity contribution in [2.45, 2.75) is 45.6 Å². The van der Waals surface area contributed by atoms with Gasteiger partial charge in [0.15, 0.2) is 0 Å². The first-order valence-electron chi connectivity index (χ1n) is 10.9. The molecule has 2 aromatic rings. The molecule has 9 heteroatoms. The number of aromatic nitrogens is 2. The Bertz CT molecular complexity index is 1170. The van der Waals surface area contributed by atoms with Crippen LogP contribution in [0.4, 0.5) is 5.82 Å². The van der Waals surface area contributed by atoms with Crippen LogP contribution in [0.15, 0.2) is 36.0 Å². The zero-order valence-corrected chi connectivity index (χ0v) is 18.8. The smallest absolute Gasteiger partial charge is 0.252 e. The molecule has 1 heterocycles. The number of carbonyl (C=O) groups excluding carboxylic acids is 2. The Kier molecular flexibility index (Phi) is 5.50.